The van der Waals surface area contributed by atoms with Gasteiger partial charge in [0.25, 0.3) is 0 Å². The van der Waals surface area contributed by atoms with Crippen LogP contribution in [0.3, 0.4) is 0 Å². The highest BCUT2D eigenvalue weighted by atomic mass is 16.2. The summed E-state index contributed by atoms with van der Waals surface area (Å²) in [6.45, 7) is 12.6. The van der Waals surface area contributed by atoms with Crippen LogP contribution < -0.4 is 10.6 Å². The van der Waals surface area contributed by atoms with E-state index in [1.165, 1.54) is 27.8 Å². The molecule has 3 heteroatoms. The van der Waals surface area contributed by atoms with Gasteiger partial charge in [0.2, 0.25) is 0 Å². The summed E-state index contributed by atoms with van der Waals surface area (Å²) in [6.07, 6.45) is 1.15. The van der Waals surface area contributed by atoms with Gasteiger partial charge in [-0.15, -0.1) is 0 Å². The van der Waals surface area contributed by atoms with Crippen LogP contribution in [0.4, 0.5) is 4.79 Å². The van der Waals surface area contributed by atoms with Crippen molar-refractivity contribution in [2.45, 2.75) is 41.0 Å². The molecule has 2 N–H and O–H groups in total. The summed E-state index contributed by atoms with van der Waals surface area (Å²) in [7, 11) is 0. The minimum atomic E-state index is -0.0463. The van der Waals surface area contributed by atoms with Gasteiger partial charge in [0.1, 0.15) is 0 Å². The lowest BCUT2D eigenvalue weighted by atomic mass is 9.94. The molecule has 2 rings (SSSR count). The van der Waals surface area contributed by atoms with E-state index in [-0.39, 0.29) is 6.03 Å². The fraction of sp³-hybridized carbons (Fsp3) is 0.533. The van der Waals surface area contributed by atoms with E-state index in [1.807, 2.05) is 0 Å². The number of rotatable bonds is 1. The Balaban J connectivity index is 0.000000225. The Kier molecular flexibility index (Phi) is 5.20. The summed E-state index contributed by atoms with van der Waals surface area (Å²) in [5.41, 5.74) is 7.31. The summed E-state index contributed by atoms with van der Waals surface area (Å²) in [5.74, 6) is 0. The van der Waals surface area contributed by atoms with Crippen molar-refractivity contribution in [2.24, 2.45) is 0 Å². The molecule has 1 saturated heterocycles. The Bertz CT molecular complexity index is 431. The lowest BCUT2D eigenvalue weighted by Crippen LogP contribution is -2.20. The predicted molar refractivity (Wildman–Crippen MR) is 76.2 cm³/mol. The van der Waals surface area contributed by atoms with Crippen LogP contribution in [-0.2, 0) is 6.42 Å². The highest BCUT2D eigenvalue weighted by molar-refractivity contribution is 5.75. The molecule has 0 aromatic heterocycles. The molecule has 1 aliphatic rings. The number of carbonyl (C=O) groups excluding carboxylic acids is 1. The lowest BCUT2D eigenvalue weighted by molar-refractivity contribution is 0.248. The topological polar surface area (TPSA) is 41.1 Å². The molecule has 2 amide bonds. The molecule has 0 radical (unpaired) electrons. The van der Waals surface area contributed by atoms with Gasteiger partial charge in [0.05, 0.1) is 0 Å². The molecule has 100 valence electrons. The van der Waals surface area contributed by atoms with Crippen LogP contribution in [0, 0.1) is 27.7 Å². The van der Waals surface area contributed by atoms with Crippen molar-refractivity contribution in [1.29, 1.82) is 0 Å². The molecule has 1 aliphatic heterocycles. The van der Waals surface area contributed by atoms with Gasteiger partial charge < -0.3 is 10.6 Å². The van der Waals surface area contributed by atoms with Crippen LogP contribution in [0.1, 0.15) is 34.7 Å². The van der Waals surface area contributed by atoms with Gasteiger partial charge in [-0.25, -0.2) is 4.79 Å². The molecule has 0 aliphatic carbocycles. The Morgan fingerprint density at radius 3 is 1.94 bits per heavy atom. The van der Waals surface area contributed by atoms with Gasteiger partial charge in [-0.2, -0.15) is 0 Å². The van der Waals surface area contributed by atoms with Crippen molar-refractivity contribution in [3.63, 3.8) is 0 Å². The number of hydrogen-bond donors (Lipinski definition) is 2. The second-order valence-electron chi connectivity index (χ2n) is 4.76. The van der Waals surface area contributed by atoms with Crippen LogP contribution in [0.2, 0.25) is 0 Å². The molecule has 0 atom stereocenters. The fourth-order valence-electron chi connectivity index (χ4n) is 2.08. The van der Waals surface area contributed by atoms with Gasteiger partial charge in [0, 0.05) is 13.1 Å². The Labute approximate surface area is 110 Å². The van der Waals surface area contributed by atoms with Crippen LogP contribution in [0.15, 0.2) is 6.07 Å². The summed E-state index contributed by atoms with van der Waals surface area (Å²) >= 11 is 0. The number of benzene rings is 1. The Hall–Kier alpha value is -1.51. The maximum absolute atomic E-state index is 10.0. The first kappa shape index (κ1) is 14.6. The van der Waals surface area contributed by atoms with Crippen LogP contribution in [-0.4, -0.2) is 19.1 Å². The molecule has 1 aromatic carbocycles. The molecule has 0 spiro atoms. The van der Waals surface area contributed by atoms with Crippen molar-refractivity contribution < 1.29 is 4.79 Å². The van der Waals surface area contributed by atoms with E-state index in [2.05, 4.69) is 51.3 Å². The number of hydrogen-bond acceptors (Lipinski definition) is 1. The summed E-state index contributed by atoms with van der Waals surface area (Å²) in [5, 5.41) is 5.14. The van der Waals surface area contributed by atoms with Crippen LogP contribution >= 0.6 is 0 Å². The molecule has 3 nitrogen and oxygen atoms in total. The summed E-state index contributed by atoms with van der Waals surface area (Å²) < 4.78 is 0. The molecule has 18 heavy (non-hydrogen) atoms. The number of amides is 2. The third kappa shape index (κ3) is 3.49. The monoisotopic (exact) mass is 248 g/mol. The Morgan fingerprint density at radius 1 is 1.00 bits per heavy atom. The van der Waals surface area contributed by atoms with Crippen molar-refractivity contribution in [1.82, 2.24) is 10.6 Å². The van der Waals surface area contributed by atoms with Crippen LogP contribution in [0.5, 0.6) is 0 Å². The quantitative estimate of drug-likeness (QED) is 0.788. The minimum Gasteiger partial charge on any atom is -0.336 e. The average Bonchev–Trinajstić information content (AvgIpc) is 2.83. The van der Waals surface area contributed by atoms with E-state index in [0.717, 1.165) is 19.5 Å². The molecule has 0 saturated carbocycles. The zero-order valence-electron chi connectivity index (χ0n) is 12.1. The molecule has 0 bridgehead atoms. The number of nitrogens with one attached hydrogen (secondary N) is 2. The zero-order valence-corrected chi connectivity index (χ0v) is 12.1. The molecule has 1 fully saturated rings. The van der Waals surface area contributed by atoms with Gasteiger partial charge in [0.15, 0.2) is 0 Å². The molecule has 1 aromatic rings. The van der Waals surface area contributed by atoms with Crippen molar-refractivity contribution in [3.05, 3.63) is 33.9 Å². The molecular formula is C15H24N2O. The highest BCUT2D eigenvalue weighted by Crippen LogP contribution is 2.21. The van der Waals surface area contributed by atoms with Gasteiger partial charge in [-0.1, -0.05) is 13.0 Å². The van der Waals surface area contributed by atoms with Crippen molar-refractivity contribution in [2.75, 3.05) is 13.1 Å². The first-order valence-corrected chi connectivity index (χ1v) is 6.55. The second-order valence-corrected chi connectivity index (χ2v) is 4.76. The average molecular weight is 248 g/mol. The minimum absolute atomic E-state index is 0.0463. The lowest BCUT2D eigenvalue weighted by Gasteiger charge is -2.12. The number of urea groups is 1. The van der Waals surface area contributed by atoms with Crippen molar-refractivity contribution in [3.8, 4) is 0 Å². The fourth-order valence-corrected chi connectivity index (χ4v) is 2.08. The Morgan fingerprint density at radius 2 is 1.56 bits per heavy atom. The van der Waals surface area contributed by atoms with E-state index >= 15 is 0 Å². The first-order chi connectivity index (χ1) is 8.47. The van der Waals surface area contributed by atoms with E-state index in [9.17, 15) is 4.79 Å². The standard InChI is InChI=1S/C12H18.C3H6N2O/c1-6-12-7-8(2)9(3)10(4)11(12)5;6-3-4-1-2-5-3/h7H,6H2,1-5H3;1-2H2,(H2,4,5,6). The normalized spacial score (nSPS) is 13.5. The predicted octanol–water partition coefficient (Wildman–Crippen LogP) is 2.78. The highest BCUT2D eigenvalue weighted by Gasteiger charge is 2.04. The third-order valence-corrected chi connectivity index (χ3v) is 3.67. The number of carbonyl (C=O) groups is 1. The van der Waals surface area contributed by atoms with Gasteiger partial charge >= 0.3 is 6.03 Å². The van der Waals surface area contributed by atoms with E-state index in [4.69, 9.17) is 0 Å². The first-order valence-electron chi connectivity index (χ1n) is 6.55. The zero-order chi connectivity index (χ0) is 13.7. The number of aryl methyl sites for hydroxylation is 2. The SMILES string of the molecule is CCc1cc(C)c(C)c(C)c1C.O=C1NCCN1. The summed E-state index contributed by atoms with van der Waals surface area (Å²) in [4.78, 5) is 10.0. The largest absolute Gasteiger partial charge is 0.336 e. The maximum Gasteiger partial charge on any atom is 0.314 e. The van der Waals surface area contributed by atoms with E-state index in [0.29, 0.717) is 0 Å². The van der Waals surface area contributed by atoms with Gasteiger partial charge in [-0.3, -0.25) is 0 Å². The second kappa shape index (κ2) is 6.43. The third-order valence-electron chi connectivity index (χ3n) is 3.67. The van der Waals surface area contributed by atoms with Crippen LogP contribution in [0.25, 0.3) is 0 Å². The van der Waals surface area contributed by atoms with E-state index in [1.54, 1.807) is 0 Å². The molecular weight excluding hydrogens is 224 g/mol. The van der Waals surface area contributed by atoms with E-state index < -0.39 is 0 Å². The maximum atomic E-state index is 10.0. The van der Waals surface area contributed by atoms with Crippen molar-refractivity contribution >= 4 is 6.03 Å². The smallest absolute Gasteiger partial charge is 0.314 e. The summed E-state index contributed by atoms with van der Waals surface area (Å²) in [6, 6.07) is 2.27. The molecule has 0 unspecified atom stereocenters. The molecule has 1 heterocycles. The van der Waals surface area contributed by atoms with Gasteiger partial charge in [-0.05, 0) is 61.9 Å².